The highest BCUT2D eigenvalue weighted by atomic mass is 16.7. The Morgan fingerprint density at radius 1 is 0.955 bits per heavy atom. The normalized spacial score (nSPS) is 53.5. The molecule has 2 rings (SSSR count). The number of hydrogen-bond donors (Lipinski definition) is 9. The average molecular weight is 325 g/mol. The Hall–Kier alpha value is -0.440. The van der Waals surface area contributed by atoms with E-state index in [4.69, 9.17) is 26.0 Å². The summed E-state index contributed by atoms with van der Waals surface area (Å²) in [5, 5.41) is 60.5. The molecule has 2 saturated heterocycles. The molecule has 0 bridgehead atoms. The quantitative estimate of drug-likeness (QED) is 0.239. The van der Waals surface area contributed by atoms with Gasteiger partial charge in [-0.15, -0.1) is 0 Å². The van der Waals surface area contributed by atoms with Gasteiger partial charge in [0, 0.05) is 0 Å². The van der Waals surface area contributed by atoms with Crippen molar-refractivity contribution in [1.82, 2.24) is 5.32 Å². The standard InChI is InChI=1S/C11H23N3O8/c12-3-5(17)4(16)2(1-15)21-11(3)22-8-6(18)7(19)9(13)14-10(8)20/h2-11,14-20H,1,12-13H2. The molecule has 0 saturated carbocycles. The number of ether oxygens (including phenoxy) is 2. The predicted molar refractivity (Wildman–Crippen MR) is 69.7 cm³/mol. The van der Waals surface area contributed by atoms with E-state index in [2.05, 4.69) is 5.32 Å². The van der Waals surface area contributed by atoms with Gasteiger partial charge in [-0.25, -0.2) is 0 Å². The Kier molecular flexibility index (Phi) is 5.68. The number of piperidine rings is 1. The van der Waals surface area contributed by atoms with Gasteiger partial charge in [0.15, 0.2) is 6.29 Å². The topological polar surface area (TPSA) is 204 Å². The monoisotopic (exact) mass is 325 g/mol. The molecule has 0 aliphatic carbocycles. The van der Waals surface area contributed by atoms with E-state index in [-0.39, 0.29) is 0 Å². The molecule has 0 aromatic heterocycles. The third-order valence-corrected chi connectivity index (χ3v) is 3.95. The van der Waals surface area contributed by atoms with Crippen molar-refractivity contribution in [1.29, 1.82) is 0 Å². The van der Waals surface area contributed by atoms with Crippen LogP contribution in [0.2, 0.25) is 0 Å². The highest BCUT2D eigenvalue weighted by Gasteiger charge is 2.48. The van der Waals surface area contributed by atoms with Gasteiger partial charge in [-0.05, 0) is 0 Å². The molecule has 0 aromatic rings. The van der Waals surface area contributed by atoms with Crippen LogP contribution >= 0.6 is 0 Å². The maximum absolute atomic E-state index is 9.92. The molecule has 0 amide bonds. The Labute approximate surface area is 126 Å². The van der Waals surface area contributed by atoms with E-state index in [0.717, 1.165) is 0 Å². The largest absolute Gasteiger partial charge is 0.394 e. The molecule has 11 N–H and O–H groups in total. The first kappa shape index (κ1) is 17.9. The van der Waals surface area contributed by atoms with E-state index >= 15 is 0 Å². The lowest BCUT2D eigenvalue weighted by molar-refractivity contribution is -0.305. The van der Waals surface area contributed by atoms with Crippen LogP contribution in [0.25, 0.3) is 0 Å². The van der Waals surface area contributed by atoms with Gasteiger partial charge in [-0.3, -0.25) is 5.32 Å². The summed E-state index contributed by atoms with van der Waals surface area (Å²) >= 11 is 0. The van der Waals surface area contributed by atoms with Crippen LogP contribution in [-0.2, 0) is 9.47 Å². The van der Waals surface area contributed by atoms with Crippen molar-refractivity contribution in [3.05, 3.63) is 0 Å². The van der Waals surface area contributed by atoms with E-state index in [1.165, 1.54) is 0 Å². The fourth-order valence-electron chi connectivity index (χ4n) is 2.52. The van der Waals surface area contributed by atoms with Crippen molar-refractivity contribution in [3.63, 3.8) is 0 Å². The first-order valence-electron chi connectivity index (χ1n) is 6.87. The summed E-state index contributed by atoms with van der Waals surface area (Å²) in [7, 11) is 0. The second-order valence-electron chi connectivity index (χ2n) is 5.50. The van der Waals surface area contributed by atoms with Crippen LogP contribution in [0.1, 0.15) is 0 Å². The molecule has 10 unspecified atom stereocenters. The molecule has 0 spiro atoms. The van der Waals surface area contributed by atoms with Gasteiger partial charge in [0.05, 0.1) is 18.8 Å². The number of nitrogens with two attached hydrogens (primary N) is 2. The fourth-order valence-corrected chi connectivity index (χ4v) is 2.52. The summed E-state index contributed by atoms with van der Waals surface area (Å²) in [6.07, 6.45) is -12.1. The van der Waals surface area contributed by atoms with Gasteiger partial charge in [0.1, 0.15) is 42.9 Å². The molecule has 2 heterocycles. The van der Waals surface area contributed by atoms with Gasteiger partial charge in [0.25, 0.3) is 0 Å². The highest BCUT2D eigenvalue weighted by molar-refractivity contribution is 4.96. The molecular formula is C11H23N3O8. The number of rotatable bonds is 3. The zero-order chi connectivity index (χ0) is 16.6. The maximum Gasteiger partial charge on any atom is 0.176 e. The second-order valence-corrected chi connectivity index (χ2v) is 5.50. The third kappa shape index (κ3) is 3.25. The Bertz CT molecular complexity index is 375. The molecule has 130 valence electrons. The predicted octanol–water partition coefficient (Wildman–Crippen LogP) is -5.93. The molecule has 11 heteroatoms. The van der Waals surface area contributed by atoms with Crippen molar-refractivity contribution in [2.45, 2.75) is 61.3 Å². The lowest BCUT2D eigenvalue weighted by Crippen LogP contribution is -2.70. The molecular weight excluding hydrogens is 302 g/mol. The van der Waals surface area contributed by atoms with E-state index in [0.29, 0.717) is 0 Å². The van der Waals surface area contributed by atoms with Gasteiger partial charge >= 0.3 is 0 Å². The number of nitrogens with one attached hydrogen (secondary N) is 1. The van der Waals surface area contributed by atoms with E-state index in [1.807, 2.05) is 0 Å². The third-order valence-electron chi connectivity index (χ3n) is 3.95. The van der Waals surface area contributed by atoms with Crippen LogP contribution in [0, 0.1) is 0 Å². The summed E-state index contributed by atoms with van der Waals surface area (Å²) < 4.78 is 10.6. The first-order valence-corrected chi connectivity index (χ1v) is 6.87. The molecule has 2 aliphatic heterocycles. The van der Waals surface area contributed by atoms with Crippen molar-refractivity contribution in [2.24, 2.45) is 11.5 Å². The first-order chi connectivity index (χ1) is 10.3. The average Bonchev–Trinajstić information content (AvgIpc) is 2.49. The highest BCUT2D eigenvalue weighted by Crippen LogP contribution is 2.24. The molecule has 0 aromatic carbocycles. The Morgan fingerprint density at radius 3 is 2.18 bits per heavy atom. The number of hydrogen-bond acceptors (Lipinski definition) is 11. The van der Waals surface area contributed by atoms with Crippen molar-refractivity contribution >= 4 is 0 Å². The second kappa shape index (κ2) is 6.98. The van der Waals surface area contributed by atoms with Crippen LogP contribution in [0.4, 0.5) is 0 Å². The minimum Gasteiger partial charge on any atom is -0.394 e. The number of aliphatic hydroxyl groups is 6. The van der Waals surface area contributed by atoms with Crippen molar-refractivity contribution in [2.75, 3.05) is 6.61 Å². The molecule has 11 nitrogen and oxygen atoms in total. The number of aliphatic hydroxyl groups excluding tert-OH is 6. The van der Waals surface area contributed by atoms with E-state index in [1.54, 1.807) is 0 Å². The van der Waals surface area contributed by atoms with E-state index < -0.39 is 68.0 Å². The lowest BCUT2D eigenvalue weighted by Gasteiger charge is -2.45. The van der Waals surface area contributed by atoms with Crippen molar-refractivity contribution < 1.29 is 40.1 Å². The minimum atomic E-state index is -1.53. The summed E-state index contributed by atoms with van der Waals surface area (Å²) in [4.78, 5) is 0. The van der Waals surface area contributed by atoms with Gasteiger partial charge in [-0.2, -0.15) is 0 Å². The SMILES string of the molecule is NC1NC(O)C(OC2OC(CO)C(O)C(O)C2N)C(O)C1O. The van der Waals surface area contributed by atoms with Crippen LogP contribution < -0.4 is 16.8 Å². The lowest BCUT2D eigenvalue weighted by atomic mass is 9.96. The van der Waals surface area contributed by atoms with Gasteiger partial charge in [-0.1, -0.05) is 0 Å². The van der Waals surface area contributed by atoms with E-state index in [9.17, 15) is 25.5 Å². The van der Waals surface area contributed by atoms with Crippen LogP contribution in [0.3, 0.4) is 0 Å². The molecule has 2 fully saturated rings. The maximum atomic E-state index is 9.92. The van der Waals surface area contributed by atoms with Crippen molar-refractivity contribution in [3.8, 4) is 0 Å². The molecule has 0 radical (unpaired) electrons. The van der Waals surface area contributed by atoms with Crippen LogP contribution in [0.5, 0.6) is 0 Å². The molecule has 10 atom stereocenters. The fraction of sp³-hybridized carbons (Fsp3) is 1.00. The Balaban J connectivity index is 2.08. The van der Waals surface area contributed by atoms with Crippen LogP contribution in [-0.4, -0.2) is 98.6 Å². The summed E-state index contributed by atoms with van der Waals surface area (Å²) in [5.74, 6) is 0. The minimum absolute atomic E-state index is 0.591. The zero-order valence-electron chi connectivity index (χ0n) is 11.6. The smallest absolute Gasteiger partial charge is 0.176 e. The zero-order valence-corrected chi connectivity index (χ0v) is 11.6. The van der Waals surface area contributed by atoms with Gasteiger partial charge in [0.2, 0.25) is 0 Å². The van der Waals surface area contributed by atoms with Crippen LogP contribution in [0.15, 0.2) is 0 Å². The molecule has 2 aliphatic rings. The summed E-state index contributed by atoms with van der Waals surface area (Å²) in [6, 6.07) is -1.19. The van der Waals surface area contributed by atoms with Gasteiger partial charge < -0.3 is 51.6 Å². The Morgan fingerprint density at radius 2 is 1.59 bits per heavy atom. The summed E-state index contributed by atoms with van der Waals surface area (Å²) in [6.45, 7) is -0.591. The molecule has 22 heavy (non-hydrogen) atoms. The summed E-state index contributed by atoms with van der Waals surface area (Å²) in [5.41, 5.74) is 11.2.